The molecule has 2 atom stereocenters. The highest BCUT2D eigenvalue weighted by Gasteiger charge is 2.31. The number of thioether (sulfide) groups is 1. The summed E-state index contributed by atoms with van der Waals surface area (Å²) in [4.78, 5) is 26.3. The first kappa shape index (κ1) is 27.2. The van der Waals surface area contributed by atoms with Crippen LogP contribution in [0.15, 0.2) is 81.0 Å². The molecule has 0 saturated heterocycles. The van der Waals surface area contributed by atoms with Crippen LogP contribution in [-0.2, 0) is 32.5 Å². The van der Waals surface area contributed by atoms with Gasteiger partial charge in [-0.1, -0.05) is 59.8 Å². The van der Waals surface area contributed by atoms with Crippen LogP contribution >= 0.6 is 11.8 Å². The number of sulfonamides is 1. The molecule has 0 saturated carbocycles. The van der Waals surface area contributed by atoms with Gasteiger partial charge in [-0.15, -0.1) is 0 Å². The van der Waals surface area contributed by atoms with E-state index in [1.807, 2.05) is 50.2 Å². The second-order valence-corrected chi connectivity index (χ2v) is 11.0. The molecular formula is C25H27N3O6S2. The molecule has 0 bridgehead atoms. The van der Waals surface area contributed by atoms with Gasteiger partial charge in [-0.25, -0.2) is 8.42 Å². The normalized spacial score (nSPS) is 16.0. The Morgan fingerprint density at radius 3 is 2.36 bits per heavy atom. The SMILES string of the molecule is Cc1ccc(S(=O)(=O)NC2=NC(=O)C(Cc3ccc(C)o3)S2)cc1.N[C@@H](Cc1ccccc1)C(=O)O. The van der Waals surface area contributed by atoms with Gasteiger partial charge >= 0.3 is 5.97 Å². The first-order valence-electron chi connectivity index (χ1n) is 11.0. The van der Waals surface area contributed by atoms with Crippen molar-refractivity contribution in [2.45, 2.75) is 42.9 Å². The lowest BCUT2D eigenvalue weighted by Gasteiger charge is -2.08. The fourth-order valence-electron chi connectivity index (χ4n) is 3.18. The number of aryl methyl sites for hydroxylation is 2. The Kier molecular flexibility index (Phi) is 9.08. The van der Waals surface area contributed by atoms with Gasteiger partial charge in [0.15, 0.2) is 5.17 Å². The molecule has 1 aliphatic rings. The molecule has 9 nitrogen and oxygen atoms in total. The molecule has 3 aromatic rings. The van der Waals surface area contributed by atoms with Crippen LogP contribution in [0.3, 0.4) is 0 Å². The minimum Gasteiger partial charge on any atom is -0.480 e. The highest BCUT2D eigenvalue weighted by molar-refractivity contribution is 8.16. The molecule has 11 heteroatoms. The van der Waals surface area contributed by atoms with Crippen LogP contribution < -0.4 is 10.5 Å². The fourth-order valence-corrected chi connectivity index (χ4v) is 5.41. The van der Waals surface area contributed by atoms with E-state index >= 15 is 0 Å². The van der Waals surface area contributed by atoms with Gasteiger partial charge in [0.25, 0.3) is 15.9 Å². The van der Waals surface area contributed by atoms with Crippen molar-refractivity contribution < 1.29 is 27.5 Å². The summed E-state index contributed by atoms with van der Waals surface area (Å²) >= 11 is 1.10. The van der Waals surface area contributed by atoms with E-state index in [1.165, 1.54) is 12.1 Å². The number of hydrogen-bond donors (Lipinski definition) is 3. The summed E-state index contributed by atoms with van der Waals surface area (Å²) in [5.41, 5.74) is 7.26. The van der Waals surface area contributed by atoms with Gasteiger partial charge < -0.3 is 15.3 Å². The van der Waals surface area contributed by atoms with Gasteiger partial charge in [-0.2, -0.15) is 4.99 Å². The van der Waals surface area contributed by atoms with Crippen LogP contribution in [0.4, 0.5) is 0 Å². The summed E-state index contributed by atoms with van der Waals surface area (Å²) in [6.45, 7) is 3.70. The number of aliphatic carboxylic acids is 1. The predicted octanol–water partition coefficient (Wildman–Crippen LogP) is 3.06. The number of rotatable bonds is 7. The quantitative estimate of drug-likeness (QED) is 0.422. The number of carboxylic acids is 1. The van der Waals surface area contributed by atoms with Gasteiger partial charge in [0.1, 0.15) is 22.8 Å². The zero-order valence-corrected chi connectivity index (χ0v) is 21.4. The molecular weight excluding hydrogens is 502 g/mol. The predicted molar refractivity (Wildman–Crippen MR) is 138 cm³/mol. The summed E-state index contributed by atoms with van der Waals surface area (Å²) in [6, 6.07) is 18.6. The topological polar surface area (TPSA) is 152 Å². The molecule has 1 amide bonds. The minimum atomic E-state index is -3.75. The lowest BCUT2D eigenvalue weighted by atomic mass is 10.1. The molecule has 0 fully saturated rings. The van der Waals surface area contributed by atoms with Crippen LogP contribution in [0.5, 0.6) is 0 Å². The number of benzene rings is 2. The molecule has 1 aromatic heterocycles. The Labute approximate surface area is 213 Å². The summed E-state index contributed by atoms with van der Waals surface area (Å²) in [7, 11) is -3.75. The van der Waals surface area contributed by atoms with Crippen LogP contribution in [0, 0.1) is 13.8 Å². The van der Waals surface area contributed by atoms with Gasteiger partial charge in [0.05, 0.1) is 4.90 Å². The molecule has 2 heterocycles. The van der Waals surface area contributed by atoms with Crippen molar-refractivity contribution in [3.05, 3.63) is 89.4 Å². The second kappa shape index (κ2) is 12.0. The number of carbonyl (C=O) groups excluding carboxylic acids is 1. The molecule has 190 valence electrons. The van der Waals surface area contributed by atoms with Crippen molar-refractivity contribution in [1.82, 2.24) is 4.72 Å². The number of aliphatic imine (C=N–C) groups is 1. The van der Waals surface area contributed by atoms with E-state index in [2.05, 4.69) is 9.71 Å². The molecule has 1 unspecified atom stereocenters. The second-order valence-electron chi connectivity index (χ2n) is 8.13. The monoisotopic (exact) mass is 529 g/mol. The van der Waals surface area contributed by atoms with Crippen molar-refractivity contribution in [2.24, 2.45) is 10.7 Å². The van der Waals surface area contributed by atoms with Crippen LogP contribution in [0.2, 0.25) is 0 Å². The van der Waals surface area contributed by atoms with E-state index in [-0.39, 0.29) is 16.0 Å². The Bertz CT molecular complexity index is 1340. The highest BCUT2D eigenvalue weighted by atomic mass is 32.2. The number of carboxylic acid groups (broad SMARTS) is 1. The Morgan fingerprint density at radius 1 is 1.11 bits per heavy atom. The zero-order chi connectivity index (χ0) is 26.3. The fraction of sp³-hybridized carbons (Fsp3) is 0.240. The highest BCUT2D eigenvalue weighted by Crippen LogP contribution is 2.26. The number of amidine groups is 1. The van der Waals surface area contributed by atoms with Crippen molar-refractivity contribution in [3.8, 4) is 0 Å². The third kappa shape index (κ3) is 7.80. The first-order valence-corrected chi connectivity index (χ1v) is 13.4. The lowest BCUT2D eigenvalue weighted by molar-refractivity contribution is -0.138. The smallest absolute Gasteiger partial charge is 0.320 e. The number of nitrogens with one attached hydrogen (secondary N) is 1. The van der Waals surface area contributed by atoms with E-state index in [0.29, 0.717) is 18.6 Å². The maximum absolute atomic E-state index is 12.3. The van der Waals surface area contributed by atoms with E-state index in [1.54, 1.807) is 18.2 Å². The van der Waals surface area contributed by atoms with E-state index in [0.717, 1.165) is 28.6 Å². The third-order valence-corrected chi connectivity index (χ3v) is 7.65. The van der Waals surface area contributed by atoms with Gasteiger partial charge in [-0.05, 0) is 50.1 Å². The summed E-state index contributed by atoms with van der Waals surface area (Å²) < 4.78 is 32.5. The molecule has 4 rings (SSSR count). The number of hydrogen-bond acceptors (Lipinski definition) is 7. The van der Waals surface area contributed by atoms with E-state index < -0.39 is 27.3 Å². The molecule has 0 aliphatic carbocycles. The van der Waals surface area contributed by atoms with Crippen molar-refractivity contribution in [2.75, 3.05) is 0 Å². The molecule has 0 spiro atoms. The largest absolute Gasteiger partial charge is 0.480 e. The van der Waals surface area contributed by atoms with Gasteiger partial charge in [-0.3, -0.25) is 14.3 Å². The number of nitrogens with two attached hydrogens (primary N) is 1. The molecule has 36 heavy (non-hydrogen) atoms. The average Bonchev–Trinajstić information content (AvgIpc) is 3.39. The number of amides is 1. The summed E-state index contributed by atoms with van der Waals surface area (Å²) in [5, 5.41) is 8.13. The standard InChI is InChI=1S/C16H16N2O4S2.C9H11NO2/c1-10-3-7-13(8-4-10)24(20,21)18-16-17-15(19)14(23-16)9-12-6-5-11(2)22-12;10-8(9(11)12)6-7-4-2-1-3-5-7/h3-8,14H,9H2,1-2H3,(H,17,18,19);1-5,8H,6,10H2,(H,11,12)/t;8-/m.0/s1. The van der Waals surface area contributed by atoms with Crippen molar-refractivity contribution >= 4 is 38.8 Å². The van der Waals surface area contributed by atoms with E-state index in [4.69, 9.17) is 15.3 Å². The molecule has 0 radical (unpaired) electrons. The van der Waals surface area contributed by atoms with Crippen LogP contribution in [-0.4, -0.2) is 41.9 Å². The van der Waals surface area contributed by atoms with Gasteiger partial charge in [0, 0.05) is 6.42 Å². The number of carbonyl (C=O) groups is 2. The van der Waals surface area contributed by atoms with Crippen LogP contribution in [0.1, 0.15) is 22.6 Å². The Hall–Kier alpha value is -3.41. The molecule has 1 aliphatic heterocycles. The zero-order valence-electron chi connectivity index (χ0n) is 19.7. The number of nitrogens with zero attached hydrogens (tertiary/aromatic N) is 1. The van der Waals surface area contributed by atoms with Crippen molar-refractivity contribution in [3.63, 3.8) is 0 Å². The summed E-state index contributed by atoms with van der Waals surface area (Å²) in [5.74, 6) is 0.118. The molecule has 4 N–H and O–H groups in total. The summed E-state index contributed by atoms with van der Waals surface area (Å²) in [6.07, 6.45) is 0.757. The van der Waals surface area contributed by atoms with Crippen molar-refractivity contribution in [1.29, 1.82) is 0 Å². The maximum atomic E-state index is 12.3. The Balaban J connectivity index is 0.000000253. The number of furan rings is 1. The maximum Gasteiger partial charge on any atom is 0.320 e. The van der Waals surface area contributed by atoms with Gasteiger partial charge in [0.2, 0.25) is 0 Å². The third-order valence-electron chi connectivity index (χ3n) is 5.09. The average molecular weight is 530 g/mol. The first-order chi connectivity index (χ1) is 17.0. The minimum absolute atomic E-state index is 0.0915. The van der Waals surface area contributed by atoms with E-state index in [9.17, 15) is 18.0 Å². The molecule has 2 aromatic carbocycles. The van der Waals surface area contributed by atoms with Crippen LogP contribution in [0.25, 0.3) is 0 Å². The lowest BCUT2D eigenvalue weighted by Crippen LogP contribution is -2.32. The Morgan fingerprint density at radius 2 is 1.78 bits per heavy atom.